The third-order valence-electron chi connectivity index (χ3n) is 2.07. The minimum atomic E-state index is 0.859. The summed E-state index contributed by atoms with van der Waals surface area (Å²) >= 11 is 2.08. The van der Waals surface area contributed by atoms with Crippen molar-refractivity contribution in [3.63, 3.8) is 0 Å². The van der Waals surface area contributed by atoms with Gasteiger partial charge in [-0.3, -0.25) is 0 Å². The SMILES string of the molecule is NCCCSCC1CCC1. The summed E-state index contributed by atoms with van der Waals surface area (Å²) in [5.74, 6) is 3.72. The first-order chi connectivity index (χ1) is 4.93. The molecule has 0 aromatic carbocycles. The molecular weight excluding hydrogens is 142 g/mol. The lowest BCUT2D eigenvalue weighted by Gasteiger charge is -2.24. The molecule has 2 heteroatoms. The number of hydrogen-bond donors (Lipinski definition) is 1. The summed E-state index contributed by atoms with van der Waals surface area (Å²) in [6.07, 6.45) is 5.63. The van der Waals surface area contributed by atoms with Gasteiger partial charge < -0.3 is 5.73 Å². The van der Waals surface area contributed by atoms with Gasteiger partial charge in [0.1, 0.15) is 0 Å². The van der Waals surface area contributed by atoms with Gasteiger partial charge in [-0.05, 0) is 43.2 Å². The Bertz CT molecular complexity index is 81.3. The van der Waals surface area contributed by atoms with Crippen molar-refractivity contribution >= 4 is 11.8 Å². The maximum Gasteiger partial charge on any atom is -0.00391 e. The van der Waals surface area contributed by atoms with E-state index in [0.717, 1.165) is 12.5 Å². The molecule has 0 radical (unpaired) electrons. The van der Waals surface area contributed by atoms with Gasteiger partial charge in [0, 0.05) is 0 Å². The van der Waals surface area contributed by atoms with Crippen LogP contribution in [0.15, 0.2) is 0 Å². The molecule has 0 aromatic heterocycles. The van der Waals surface area contributed by atoms with Gasteiger partial charge in [0.05, 0.1) is 0 Å². The van der Waals surface area contributed by atoms with Crippen LogP contribution in [-0.4, -0.2) is 18.1 Å². The molecule has 0 bridgehead atoms. The van der Waals surface area contributed by atoms with Gasteiger partial charge in [0.25, 0.3) is 0 Å². The first kappa shape index (κ1) is 8.41. The van der Waals surface area contributed by atoms with Crippen LogP contribution in [-0.2, 0) is 0 Å². The Morgan fingerprint density at radius 2 is 2.20 bits per heavy atom. The third-order valence-corrected chi connectivity index (χ3v) is 3.36. The molecule has 1 aliphatic carbocycles. The summed E-state index contributed by atoms with van der Waals surface area (Å²) in [6.45, 7) is 0.859. The van der Waals surface area contributed by atoms with Gasteiger partial charge in [-0.1, -0.05) is 6.42 Å². The average Bonchev–Trinajstić information content (AvgIpc) is 1.84. The highest BCUT2D eigenvalue weighted by atomic mass is 32.2. The molecule has 10 heavy (non-hydrogen) atoms. The first-order valence-corrected chi connectivity index (χ1v) is 5.37. The Hall–Kier alpha value is 0.310. The molecule has 1 aliphatic rings. The van der Waals surface area contributed by atoms with E-state index >= 15 is 0 Å². The molecule has 1 saturated carbocycles. The molecule has 0 saturated heterocycles. The molecule has 60 valence electrons. The van der Waals surface area contributed by atoms with Crippen molar-refractivity contribution < 1.29 is 0 Å². The van der Waals surface area contributed by atoms with Gasteiger partial charge in [0.2, 0.25) is 0 Å². The van der Waals surface area contributed by atoms with Gasteiger partial charge in [-0.15, -0.1) is 0 Å². The highest BCUT2D eigenvalue weighted by Crippen LogP contribution is 2.29. The van der Waals surface area contributed by atoms with Crippen LogP contribution in [0.3, 0.4) is 0 Å². The van der Waals surface area contributed by atoms with Crippen LogP contribution in [0.2, 0.25) is 0 Å². The zero-order valence-corrected chi connectivity index (χ0v) is 7.33. The summed E-state index contributed by atoms with van der Waals surface area (Å²) in [5, 5.41) is 0. The van der Waals surface area contributed by atoms with Crippen molar-refractivity contribution in [3.05, 3.63) is 0 Å². The molecule has 1 rings (SSSR count). The van der Waals surface area contributed by atoms with Crippen LogP contribution in [0.5, 0.6) is 0 Å². The van der Waals surface area contributed by atoms with E-state index in [-0.39, 0.29) is 0 Å². The lowest BCUT2D eigenvalue weighted by molar-refractivity contribution is 0.353. The highest BCUT2D eigenvalue weighted by Gasteiger charge is 2.16. The maximum absolute atomic E-state index is 5.38. The average molecular weight is 159 g/mol. The quantitative estimate of drug-likeness (QED) is 0.620. The predicted octanol–water partition coefficient (Wildman–Crippen LogP) is 1.87. The molecule has 0 heterocycles. The molecule has 0 unspecified atom stereocenters. The van der Waals surface area contributed by atoms with Crippen LogP contribution in [0, 0.1) is 5.92 Å². The van der Waals surface area contributed by atoms with Crippen LogP contribution in [0.25, 0.3) is 0 Å². The molecular formula is C8H17NS. The molecule has 0 aliphatic heterocycles. The lowest BCUT2D eigenvalue weighted by Crippen LogP contribution is -2.13. The van der Waals surface area contributed by atoms with E-state index < -0.39 is 0 Å². The van der Waals surface area contributed by atoms with Crippen molar-refractivity contribution in [2.45, 2.75) is 25.7 Å². The van der Waals surface area contributed by atoms with Crippen LogP contribution in [0.4, 0.5) is 0 Å². The molecule has 1 fully saturated rings. The summed E-state index contributed by atoms with van der Waals surface area (Å²) in [5.41, 5.74) is 5.38. The predicted molar refractivity (Wildman–Crippen MR) is 48.3 cm³/mol. The van der Waals surface area contributed by atoms with Gasteiger partial charge in [-0.25, -0.2) is 0 Å². The standard InChI is InChI=1S/C8H17NS/c9-5-2-6-10-7-8-3-1-4-8/h8H,1-7,9H2. The van der Waals surface area contributed by atoms with Gasteiger partial charge >= 0.3 is 0 Å². The second kappa shape index (κ2) is 5.03. The van der Waals surface area contributed by atoms with E-state index in [1.807, 2.05) is 0 Å². The molecule has 0 amide bonds. The van der Waals surface area contributed by atoms with Gasteiger partial charge in [-0.2, -0.15) is 11.8 Å². The fraction of sp³-hybridized carbons (Fsp3) is 1.00. The van der Waals surface area contributed by atoms with E-state index in [1.54, 1.807) is 0 Å². The van der Waals surface area contributed by atoms with E-state index in [9.17, 15) is 0 Å². The summed E-state index contributed by atoms with van der Waals surface area (Å²) < 4.78 is 0. The third kappa shape index (κ3) is 2.93. The zero-order chi connectivity index (χ0) is 7.23. The normalized spacial score (nSPS) is 18.9. The van der Waals surface area contributed by atoms with Gasteiger partial charge in [0.15, 0.2) is 0 Å². The molecule has 0 aromatic rings. The minimum Gasteiger partial charge on any atom is -0.330 e. The Kier molecular flexibility index (Phi) is 4.23. The van der Waals surface area contributed by atoms with Crippen LogP contribution < -0.4 is 5.73 Å². The Labute approximate surface area is 67.8 Å². The minimum absolute atomic E-state index is 0.859. The van der Waals surface area contributed by atoms with Crippen molar-refractivity contribution in [1.29, 1.82) is 0 Å². The number of rotatable bonds is 5. The molecule has 0 atom stereocenters. The molecule has 1 nitrogen and oxygen atoms in total. The number of hydrogen-bond acceptors (Lipinski definition) is 2. The second-order valence-corrected chi connectivity index (χ2v) is 4.16. The van der Waals surface area contributed by atoms with Crippen LogP contribution >= 0.6 is 11.8 Å². The summed E-state index contributed by atoms with van der Waals surface area (Å²) in [6, 6.07) is 0. The maximum atomic E-state index is 5.38. The van der Waals surface area contributed by atoms with Crippen molar-refractivity contribution in [1.82, 2.24) is 0 Å². The summed E-state index contributed by atoms with van der Waals surface area (Å²) in [7, 11) is 0. The number of nitrogens with two attached hydrogens (primary N) is 1. The lowest BCUT2D eigenvalue weighted by atomic mass is 9.87. The Morgan fingerprint density at radius 1 is 1.40 bits per heavy atom. The number of thioether (sulfide) groups is 1. The molecule has 2 N–H and O–H groups in total. The van der Waals surface area contributed by atoms with Crippen molar-refractivity contribution in [3.8, 4) is 0 Å². The molecule has 0 spiro atoms. The second-order valence-electron chi connectivity index (χ2n) is 3.01. The van der Waals surface area contributed by atoms with E-state index in [0.29, 0.717) is 0 Å². The van der Waals surface area contributed by atoms with E-state index in [2.05, 4.69) is 11.8 Å². The van der Waals surface area contributed by atoms with Crippen LogP contribution in [0.1, 0.15) is 25.7 Å². The van der Waals surface area contributed by atoms with Crippen molar-refractivity contribution in [2.24, 2.45) is 11.7 Å². The van der Waals surface area contributed by atoms with E-state index in [1.165, 1.54) is 37.2 Å². The Morgan fingerprint density at radius 3 is 2.70 bits per heavy atom. The fourth-order valence-corrected chi connectivity index (χ4v) is 2.30. The fourth-order valence-electron chi connectivity index (χ4n) is 1.09. The van der Waals surface area contributed by atoms with E-state index in [4.69, 9.17) is 5.73 Å². The Balaban J connectivity index is 1.76. The zero-order valence-electron chi connectivity index (χ0n) is 6.51. The topological polar surface area (TPSA) is 26.0 Å². The van der Waals surface area contributed by atoms with Crippen molar-refractivity contribution in [2.75, 3.05) is 18.1 Å². The first-order valence-electron chi connectivity index (χ1n) is 4.21. The summed E-state index contributed by atoms with van der Waals surface area (Å²) in [4.78, 5) is 0. The largest absolute Gasteiger partial charge is 0.330 e. The highest BCUT2D eigenvalue weighted by molar-refractivity contribution is 7.99. The monoisotopic (exact) mass is 159 g/mol. The smallest absolute Gasteiger partial charge is 0.00391 e.